The molecule has 0 saturated heterocycles. The van der Waals surface area contributed by atoms with Crippen molar-refractivity contribution >= 4 is 57.3 Å². The average Bonchev–Trinajstić information content (AvgIpc) is 2.76. The van der Waals surface area contributed by atoms with Crippen LogP contribution in [0.15, 0.2) is 12.2 Å². The van der Waals surface area contributed by atoms with Gasteiger partial charge in [0.05, 0.1) is 18.2 Å². The Labute approximate surface area is 187 Å². The normalized spacial score (nSPS) is 24.5. The third kappa shape index (κ3) is 6.46. The Morgan fingerprint density at radius 3 is 1.68 bits per heavy atom. The first-order valence-corrected chi connectivity index (χ1v) is 16.6. The number of nitrogens with one attached hydrogen (secondary N) is 1. The molecule has 1 amide bonds. The zero-order valence-corrected chi connectivity index (χ0v) is 23.0. The molecule has 0 aliphatic heterocycles. The quantitative estimate of drug-likeness (QED) is 0.285. The van der Waals surface area contributed by atoms with Gasteiger partial charge in [0.2, 0.25) is 0 Å². The summed E-state index contributed by atoms with van der Waals surface area (Å²) in [5.41, 5.74) is 0. The molecule has 28 heavy (non-hydrogen) atoms. The highest BCUT2D eigenvalue weighted by atomic mass is 35.6. The van der Waals surface area contributed by atoms with Crippen molar-refractivity contribution in [2.45, 2.75) is 99.8 Å². The van der Waals surface area contributed by atoms with Gasteiger partial charge in [0.15, 0.2) is 16.6 Å². The molecule has 1 aliphatic rings. The monoisotopic (exact) mass is 487 g/mol. The molecular formula is C19H36Cl3NO3Si2. The second-order valence-corrected chi connectivity index (χ2v) is 22.4. The van der Waals surface area contributed by atoms with E-state index >= 15 is 0 Å². The molecule has 0 aromatic rings. The highest BCUT2D eigenvalue weighted by Gasteiger charge is 2.48. The van der Waals surface area contributed by atoms with Crippen molar-refractivity contribution in [3.05, 3.63) is 12.2 Å². The zero-order chi connectivity index (χ0) is 22.3. The number of carbonyl (C=O) groups excluding carboxylic acids is 1. The van der Waals surface area contributed by atoms with Gasteiger partial charge in [-0.1, -0.05) is 88.5 Å². The molecule has 0 unspecified atom stereocenters. The summed E-state index contributed by atoms with van der Waals surface area (Å²) in [6.45, 7) is 21.9. The van der Waals surface area contributed by atoms with Crippen LogP contribution >= 0.6 is 34.8 Å². The molecule has 4 nitrogen and oxygen atoms in total. The van der Waals surface area contributed by atoms with E-state index in [1.165, 1.54) is 0 Å². The fraction of sp³-hybridized carbons (Fsp3) is 0.842. The molecule has 0 aromatic heterocycles. The molecule has 1 aliphatic carbocycles. The van der Waals surface area contributed by atoms with Crippen molar-refractivity contribution in [2.75, 3.05) is 0 Å². The summed E-state index contributed by atoms with van der Waals surface area (Å²) in [5, 5.41) is 2.88. The van der Waals surface area contributed by atoms with Gasteiger partial charge in [0.25, 0.3) is 9.70 Å². The Morgan fingerprint density at radius 1 is 0.857 bits per heavy atom. The summed E-state index contributed by atoms with van der Waals surface area (Å²) in [4.78, 5) is 12.3. The maximum Gasteiger partial charge on any atom is 0.272 e. The minimum Gasteiger partial charge on any atom is -0.409 e. The van der Waals surface area contributed by atoms with Crippen LogP contribution in [0.3, 0.4) is 0 Å². The molecule has 0 saturated carbocycles. The first-order chi connectivity index (χ1) is 12.2. The van der Waals surface area contributed by atoms with Gasteiger partial charge in [-0.25, -0.2) is 0 Å². The van der Waals surface area contributed by atoms with E-state index in [1.54, 1.807) is 0 Å². The molecule has 0 bridgehead atoms. The first-order valence-electron chi connectivity index (χ1n) is 9.61. The average molecular weight is 489 g/mol. The number of hydrogen-bond donors (Lipinski definition) is 1. The second kappa shape index (κ2) is 8.52. The van der Waals surface area contributed by atoms with E-state index in [4.69, 9.17) is 43.7 Å². The number of amides is 1. The minimum atomic E-state index is -2.13. The van der Waals surface area contributed by atoms with Gasteiger partial charge in [0, 0.05) is 0 Å². The fourth-order valence-electron chi connectivity index (χ4n) is 2.30. The molecular weight excluding hydrogens is 453 g/mol. The number of halogens is 3. The van der Waals surface area contributed by atoms with Crippen LogP contribution in [0.1, 0.15) is 41.5 Å². The van der Waals surface area contributed by atoms with E-state index < -0.39 is 32.4 Å². The number of hydrogen-bond acceptors (Lipinski definition) is 3. The predicted molar refractivity (Wildman–Crippen MR) is 126 cm³/mol. The summed E-state index contributed by atoms with van der Waals surface area (Å²) < 4.78 is 11.3. The lowest BCUT2D eigenvalue weighted by Gasteiger charge is -2.44. The van der Waals surface area contributed by atoms with Crippen molar-refractivity contribution in [1.29, 1.82) is 0 Å². The largest absolute Gasteiger partial charge is 0.409 e. The smallest absolute Gasteiger partial charge is 0.272 e. The van der Waals surface area contributed by atoms with Crippen LogP contribution in [0.4, 0.5) is 0 Å². The molecule has 0 aromatic carbocycles. The highest BCUT2D eigenvalue weighted by molar-refractivity contribution is 6.76. The maximum absolute atomic E-state index is 12.3. The van der Waals surface area contributed by atoms with Gasteiger partial charge in [-0.2, -0.15) is 0 Å². The number of carbonyl (C=O) groups is 1. The molecule has 3 atom stereocenters. The molecule has 0 radical (unpaired) electrons. The van der Waals surface area contributed by atoms with E-state index in [0.29, 0.717) is 0 Å². The van der Waals surface area contributed by atoms with Crippen molar-refractivity contribution in [2.24, 2.45) is 0 Å². The Balaban J connectivity index is 3.16. The van der Waals surface area contributed by atoms with Crippen molar-refractivity contribution in [3.63, 3.8) is 0 Å². The van der Waals surface area contributed by atoms with Gasteiger partial charge < -0.3 is 14.2 Å². The van der Waals surface area contributed by atoms with E-state index in [9.17, 15) is 4.79 Å². The van der Waals surface area contributed by atoms with Crippen LogP contribution in [0.2, 0.25) is 36.3 Å². The summed E-state index contributed by atoms with van der Waals surface area (Å²) in [7, 11) is -4.17. The summed E-state index contributed by atoms with van der Waals surface area (Å²) >= 11 is 17.3. The molecule has 9 heteroatoms. The fourth-order valence-corrected chi connectivity index (χ4v) is 5.02. The van der Waals surface area contributed by atoms with E-state index in [-0.39, 0.29) is 22.3 Å². The molecule has 0 heterocycles. The number of alkyl halides is 3. The van der Waals surface area contributed by atoms with Crippen LogP contribution in [0.5, 0.6) is 0 Å². The van der Waals surface area contributed by atoms with Crippen molar-refractivity contribution < 1.29 is 13.6 Å². The van der Waals surface area contributed by atoms with E-state index in [0.717, 1.165) is 0 Å². The van der Waals surface area contributed by atoms with Crippen LogP contribution in [0, 0.1) is 0 Å². The Morgan fingerprint density at radius 2 is 1.29 bits per heavy atom. The first kappa shape index (κ1) is 26.5. The van der Waals surface area contributed by atoms with Crippen LogP contribution < -0.4 is 5.32 Å². The lowest BCUT2D eigenvalue weighted by Crippen LogP contribution is -2.56. The van der Waals surface area contributed by atoms with Crippen molar-refractivity contribution in [3.8, 4) is 0 Å². The third-order valence-electron chi connectivity index (χ3n) is 6.21. The minimum absolute atomic E-state index is 0.0148. The third-order valence-corrected chi connectivity index (χ3v) is 15.7. The zero-order valence-electron chi connectivity index (χ0n) is 18.7. The van der Waals surface area contributed by atoms with E-state index in [2.05, 4.69) is 73.0 Å². The molecule has 1 N–H and O–H groups in total. The summed E-state index contributed by atoms with van der Waals surface area (Å²) in [6.07, 6.45) is 3.26. The SMILES string of the molecule is CC(C)(C)[Si](C)(C)O[C@@H]1[C@@H](NC(=O)C(Cl)(Cl)Cl)C=C[C@@H]1O[Si](C)(C)C(C)(C)C. The number of rotatable bonds is 5. The van der Waals surface area contributed by atoms with E-state index in [1.807, 2.05) is 12.2 Å². The summed E-state index contributed by atoms with van der Waals surface area (Å²) in [5.74, 6) is -0.663. The molecule has 0 spiro atoms. The standard InChI is InChI=1S/C19H36Cl3NO3Si2/c1-17(2,3)27(7,8)25-14-12-11-13(23-16(24)19(20,21)22)15(14)26-28(9,10)18(4,5)6/h11-15H,1-10H3,(H,23,24)/t13-,14-,15+/m0/s1. The predicted octanol–water partition coefficient (Wildman–Crippen LogP) is 6.19. The molecule has 1 rings (SSSR count). The van der Waals surface area contributed by atoms with Crippen LogP contribution in [-0.4, -0.2) is 44.6 Å². The Hall–Kier alpha value is 0.434. The summed E-state index contributed by atoms with van der Waals surface area (Å²) in [6, 6.07) is -0.410. The van der Waals surface area contributed by atoms with Gasteiger partial charge in [-0.05, 0) is 36.3 Å². The van der Waals surface area contributed by atoms with Gasteiger partial charge in [-0.15, -0.1) is 0 Å². The maximum atomic E-state index is 12.3. The van der Waals surface area contributed by atoms with Gasteiger partial charge >= 0.3 is 0 Å². The lowest BCUT2D eigenvalue weighted by molar-refractivity contribution is -0.121. The highest BCUT2D eigenvalue weighted by Crippen LogP contribution is 2.42. The molecule has 0 fully saturated rings. The lowest BCUT2D eigenvalue weighted by atomic mass is 10.2. The Kier molecular flexibility index (Phi) is 8.05. The molecule has 164 valence electrons. The van der Waals surface area contributed by atoms with Crippen molar-refractivity contribution in [1.82, 2.24) is 5.32 Å². The van der Waals surface area contributed by atoms with Crippen LogP contribution in [-0.2, 0) is 13.6 Å². The second-order valence-electron chi connectivity index (χ2n) is 10.6. The topological polar surface area (TPSA) is 47.6 Å². The van der Waals surface area contributed by atoms with Gasteiger partial charge in [0.1, 0.15) is 0 Å². The van der Waals surface area contributed by atoms with Gasteiger partial charge in [-0.3, -0.25) is 4.79 Å². The van der Waals surface area contributed by atoms with Crippen LogP contribution in [0.25, 0.3) is 0 Å². The Bertz CT molecular complexity index is 605.